The fourth-order valence-electron chi connectivity index (χ4n) is 2.81. The van der Waals surface area contributed by atoms with Crippen LogP contribution in [0.25, 0.3) is 5.69 Å². The van der Waals surface area contributed by atoms with Crippen LogP contribution in [0.4, 0.5) is 13.2 Å². The molecule has 0 bridgehead atoms. The Morgan fingerprint density at radius 1 is 1.33 bits per heavy atom. The van der Waals surface area contributed by atoms with E-state index in [4.69, 9.17) is 11.6 Å². The van der Waals surface area contributed by atoms with Gasteiger partial charge < -0.3 is 15.7 Å². The van der Waals surface area contributed by atoms with Crippen molar-refractivity contribution in [3.63, 3.8) is 0 Å². The number of benzene rings is 1. The van der Waals surface area contributed by atoms with Crippen LogP contribution in [0.3, 0.4) is 0 Å². The minimum Gasteiger partial charge on any atom is -0.391 e. The fraction of sp³-hybridized carbons (Fsp3) is 0.375. The van der Waals surface area contributed by atoms with Crippen molar-refractivity contribution in [2.24, 2.45) is 5.92 Å². The number of hydrogen-bond acceptors (Lipinski definition) is 4. The van der Waals surface area contributed by atoms with Crippen molar-refractivity contribution in [1.29, 1.82) is 0 Å². The van der Waals surface area contributed by atoms with E-state index in [0.717, 1.165) is 6.20 Å². The number of nitrogens with one attached hydrogen (secondary N) is 2. The molecule has 1 aliphatic rings. The van der Waals surface area contributed by atoms with Gasteiger partial charge in [0.05, 0.1) is 23.6 Å². The Kier molecular flexibility index (Phi) is 6.74. The van der Waals surface area contributed by atoms with E-state index in [1.54, 1.807) is 0 Å². The highest BCUT2D eigenvalue weighted by molar-refractivity contribution is 6.30. The highest BCUT2D eigenvalue weighted by Crippen LogP contribution is 2.33. The van der Waals surface area contributed by atoms with Crippen molar-refractivity contribution >= 4 is 29.9 Å². The average molecular weight is 425 g/mol. The minimum absolute atomic E-state index is 0. The summed E-state index contributed by atoms with van der Waals surface area (Å²) in [6, 6.07) is 5.64. The average Bonchev–Trinajstić information content (AvgIpc) is 3.19. The van der Waals surface area contributed by atoms with Crippen molar-refractivity contribution in [3.05, 3.63) is 46.7 Å². The molecular formula is C16H17Cl2F3N4O2. The maximum Gasteiger partial charge on any atom is 0.434 e. The molecule has 3 rings (SSSR count). The first-order valence-electron chi connectivity index (χ1n) is 7.85. The summed E-state index contributed by atoms with van der Waals surface area (Å²) >= 11 is 5.76. The van der Waals surface area contributed by atoms with Crippen LogP contribution in [0.15, 0.2) is 30.5 Å². The molecule has 1 amide bonds. The molecule has 148 valence electrons. The number of aliphatic hydroxyl groups excluding tert-OH is 1. The van der Waals surface area contributed by atoms with Crippen LogP contribution in [0.1, 0.15) is 16.1 Å². The smallest absolute Gasteiger partial charge is 0.391 e. The lowest BCUT2D eigenvalue weighted by molar-refractivity contribution is -0.143. The molecule has 1 fully saturated rings. The van der Waals surface area contributed by atoms with Crippen molar-refractivity contribution < 1.29 is 23.1 Å². The molecule has 1 aliphatic heterocycles. The van der Waals surface area contributed by atoms with Crippen LogP contribution >= 0.6 is 24.0 Å². The third-order valence-electron chi connectivity index (χ3n) is 4.18. The van der Waals surface area contributed by atoms with Crippen LogP contribution in [-0.2, 0) is 6.18 Å². The Balaban J connectivity index is 0.00000261. The molecule has 3 N–H and O–H groups in total. The quantitative estimate of drug-likeness (QED) is 0.703. The van der Waals surface area contributed by atoms with Crippen LogP contribution < -0.4 is 10.6 Å². The van der Waals surface area contributed by atoms with Gasteiger partial charge in [0.15, 0.2) is 5.69 Å². The lowest BCUT2D eigenvalue weighted by atomic mass is 10.1. The van der Waals surface area contributed by atoms with E-state index in [-0.39, 0.29) is 30.6 Å². The number of nitrogens with zero attached hydrogens (tertiary/aromatic N) is 2. The molecule has 1 aromatic heterocycles. The highest BCUT2D eigenvalue weighted by Gasteiger charge is 2.40. The normalized spacial score (nSPS) is 19.6. The van der Waals surface area contributed by atoms with E-state index in [9.17, 15) is 23.1 Å². The van der Waals surface area contributed by atoms with Crippen molar-refractivity contribution in [2.45, 2.75) is 12.3 Å². The zero-order valence-corrected chi connectivity index (χ0v) is 15.4. The van der Waals surface area contributed by atoms with Gasteiger partial charge in [0.25, 0.3) is 5.91 Å². The molecule has 11 heteroatoms. The first-order chi connectivity index (χ1) is 12.3. The van der Waals surface area contributed by atoms with E-state index < -0.39 is 29.4 Å². The lowest BCUT2D eigenvalue weighted by Crippen LogP contribution is -2.35. The van der Waals surface area contributed by atoms with Crippen LogP contribution in [0, 0.1) is 5.92 Å². The number of hydrogen-bond donors (Lipinski definition) is 3. The van der Waals surface area contributed by atoms with E-state index in [1.165, 1.54) is 24.3 Å². The molecule has 1 saturated heterocycles. The zero-order valence-electron chi connectivity index (χ0n) is 13.8. The third-order valence-corrected chi connectivity index (χ3v) is 4.43. The van der Waals surface area contributed by atoms with Crippen LogP contribution in [0.5, 0.6) is 0 Å². The molecule has 2 atom stereocenters. The Morgan fingerprint density at radius 2 is 2.00 bits per heavy atom. The maximum atomic E-state index is 13.6. The number of amides is 1. The van der Waals surface area contributed by atoms with E-state index in [0.29, 0.717) is 22.8 Å². The van der Waals surface area contributed by atoms with Crippen LogP contribution in [0.2, 0.25) is 5.02 Å². The van der Waals surface area contributed by atoms with Gasteiger partial charge in [-0.3, -0.25) is 4.79 Å². The summed E-state index contributed by atoms with van der Waals surface area (Å²) in [6.45, 7) is 0.941. The second-order valence-electron chi connectivity index (χ2n) is 5.99. The Labute approximate surface area is 164 Å². The van der Waals surface area contributed by atoms with Crippen molar-refractivity contribution in [3.8, 4) is 5.69 Å². The monoisotopic (exact) mass is 424 g/mol. The molecular weight excluding hydrogens is 408 g/mol. The number of carbonyl (C=O) groups excluding carboxylic acids is 1. The summed E-state index contributed by atoms with van der Waals surface area (Å²) < 4.78 is 41.3. The van der Waals surface area contributed by atoms with Gasteiger partial charge in [-0.25, -0.2) is 4.68 Å². The standard InChI is InChI=1S/C16H16ClF3N4O2.ClH/c17-10-1-3-11(4-2-10)24-14(16(18,19)20)12(7-23-24)15(26)22-6-9-5-21-8-13(9)25;/h1-4,7,9,13,21,25H,5-6,8H2,(H,22,26);1H. The topological polar surface area (TPSA) is 79.2 Å². The number of rotatable bonds is 4. The lowest BCUT2D eigenvalue weighted by Gasteiger charge is -2.15. The molecule has 2 aromatic rings. The van der Waals surface area contributed by atoms with Gasteiger partial charge in [0.2, 0.25) is 0 Å². The number of halogens is 5. The summed E-state index contributed by atoms with van der Waals surface area (Å²) in [5.74, 6) is -1.14. The predicted molar refractivity (Wildman–Crippen MR) is 95.5 cm³/mol. The van der Waals surface area contributed by atoms with Gasteiger partial charge in [0, 0.05) is 30.6 Å². The number of aromatic nitrogens is 2. The first kappa shape index (κ1) is 21.5. The second-order valence-corrected chi connectivity index (χ2v) is 6.42. The fourth-order valence-corrected chi connectivity index (χ4v) is 2.94. The number of β-amino-alcohol motifs (C(OH)–C–C–N with tert-alkyl or cyclic N) is 1. The second kappa shape index (κ2) is 8.47. The SMILES string of the molecule is Cl.O=C(NCC1CNCC1O)c1cnn(-c2ccc(Cl)cc2)c1C(F)(F)F. The predicted octanol–water partition coefficient (Wildman–Crippen LogP) is 2.28. The molecule has 0 radical (unpaired) electrons. The van der Waals surface area contributed by atoms with Crippen molar-refractivity contribution in [1.82, 2.24) is 20.4 Å². The molecule has 2 heterocycles. The maximum absolute atomic E-state index is 13.6. The minimum atomic E-state index is -4.78. The van der Waals surface area contributed by atoms with Gasteiger partial charge in [0.1, 0.15) is 0 Å². The molecule has 0 spiro atoms. The number of aliphatic hydroxyl groups is 1. The number of alkyl halides is 3. The summed E-state index contributed by atoms with van der Waals surface area (Å²) in [5.41, 5.74) is -1.61. The van der Waals surface area contributed by atoms with Gasteiger partial charge in [-0.1, -0.05) is 11.6 Å². The molecule has 0 saturated carbocycles. The van der Waals surface area contributed by atoms with Gasteiger partial charge in [-0.15, -0.1) is 12.4 Å². The first-order valence-corrected chi connectivity index (χ1v) is 8.23. The molecule has 6 nitrogen and oxygen atoms in total. The van der Waals surface area contributed by atoms with Gasteiger partial charge in [-0.05, 0) is 24.3 Å². The van der Waals surface area contributed by atoms with E-state index in [1.807, 2.05) is 0 Å². The zero-order chi connectivity index (χ0) is 18.9. The highest BCUT2D eigenvalue weighted by atomic mass is 35.5. The van der Waals surface area contributed by atoms with E-state index in [2.05, 4.69) is 15.7 Å². The largest absolute Gasteiger partial charge is 0.434 e. The van der Waals surface area contributed by atoms with E-state index >= 15 is 0 Å². The van der Waals surface area contributed by atoms with Gasteiger partial charge in [-0.2, -0.15) is 18.3 Å². The summed E-state index contributed by atoms with van der Waals surface area (Å²) in [5, 5.41) is 19.2. The Bertz CT molecular complexity index is 796. The van der Waals surface area contributed by atoms with Crippen LogP contribution in [-0.4, -0.2) is 46.5 Å². The van der Waals surface area contributed by atoms with Crippen molar-refractivity contribution in [2.75, 3.05) is 19.6 Å². The Morgan fingerprint density at radius 3 is 2.56 bits per heavy atom. The molecule has 2 unspecified atom stereocenters. The summed E-state index contributed by atoms with van der Waals surface area (Å²) in [4.78, 5) is 12.3. The summed E-state index contributed by atoms with van der Waals surface area (Å²) in [7, 11) is 0. The molecule has 1 aromatic carbocycles. The molecule has 0 aliphatic carbocycles. The third kappa shape index (κ3) is 4.73. The molecule has 27 heavy (non-hydrogen) atoms. The van der Waals surface area contributed by atoms with Gasteiger partial charge >= 0.3 is 6.18 Å². The summed E-state index contributed by atoms with van der Waals surface area (Å²) in [6.07, 6.45) is -4.54. The Hall–Kier alpha value is -1.81. The number of carbonyl (C=O) groups is 1.